The molecule has 1 aliphatic carbocycles. The Balaban J connectivity index is 2.22. The highest BCUT2D eigenvalue weighted by atomic mass is 14.9. The van der Waals surface area contributed by atoms with Gasteiger partial charge in [-0.05, 0) is 37.0 Å². The maximum Gasteiger partial charge on any atom is 0.0211 e. The van der Waals surface area contributed by atoms with Crippen molar-refractivity contribution in [3.8, 4) is 12.3 Å². The van der Waals surface area contributed by atoms with E-state index in [1.165, 1.54) is 25.7 Å². The highest BCUT2D eigenvalue weighted by molar-refractivity contribution is 4.87. The van der Waals surface area contributed by atoms with E-state index in [1.807, 2.05) is 0 Å². The van der Waals surface area contributed by atoms with Gasteiger partial charge in [0, 0.05) is 19.0 Å². The molecule has 0 bridgehead atoms. The summed E-state index contributed by atoms with van der Waals surface area (Å²) < 4.78 is 0. The Morgan fingerprint density at radius 2 is 1.80 bits per heavy atom. The van der Waals surface area contributed by atoms with Gasteiger partial charge in [-0.1, -0.05) is 20.8 Å². The molecule has 0 aromatic heterocycles. The molecule has 1 aliphatic rings. The molecule has 1 heteroatoms. The van der Waals surface area contributed by atoms with Crippen LogP contribution in [0.15, 0.2) is 0 Å². The van der Waals surface area contributed by atoms with E-state index in [1.54, 1.807) is 0 Å². The second-order valence-electron chi connectivity index (χ2n) is 5.82. The van der Waals surface area contributed by atoms with E-state index in [9.17, 15) is 0 Å². The monoisotopic (exact) mass is 207 g/mol. The van der Waals surface area contributed by atoms with Crippen molar-refractivity contribution in [2.24, 2.45) is 11.3 Å². The summed E-state index contributed by atoms with van der Waals surface area (Å²) in [5.74, 6) is 3.58. The second kappa shape index (κ2) is 5.56. The lowest BCUT2D eigenvalue weighted by atomic mass is 9.71. The number of rotatable bonds is 3. The summed E-state index contributed by atoms with van der Waals surface area (Å²) in [6.07, 6.45) is 11.5. The van der Waals surface area contributed by atoms with Crippen LogP contribution in [0.1, 0.15) is 52.9 Å². The molecule has 15 heavy (non-hydrogen) atoms. The first-order chi connectivity index (χ1) is 7.04. The topological polar surface area (TPSA) is 12.0 Å². The van der Waals surface area contributed by atoms with E-state index in [2.05, 4.69) is 32.0 Å². The molecule has 0 radical (unpaired) electrons. The Kier molecular flexibility index (Phi) is 4.67. The first kappa shape index (κ1) is 12.6. The zero-order valence-electron chi connectivity index (χ0n) is 10.5. The summed E-state index contributed by atoms with van der Waals surface area (Å²) in [4.78, 5) is 0. The van der Waals surface area contributed by atoms with Crippen molar-refractivity contribution in [3.05, 3.63) is 0 Å². The molecule has 0 spiro atoms. The quantitative estimate of drug-likeness (QED) is 0.553. The van der Waals surface area contributed by atoms with Crippen LogP contribution in [0.3, 0.4) is 0 Å². The summed E-state index contributed by atoms with van der Waals surface area (Å²) in [6.45, 7) is 8.08. The highest BCUT2D eigenvalue weighted by Crippen LogP contribution is 2.37. The van der Waals surface area contributed by atoms with Crippen LogP contribution in [0.2, 0.25) is 0 Å². The molecule has 0 unspecified atom stereocenters. The van der Waals surface area contributed by atoms with Crippen LogP contribution in [0, 0.1) is 23.7 Å². The lowest BCUT2D eigenvalue weighted by molar-refractivity contribution is 0.160. The summed E-state index contributed by atoms with van der Waals surface area (Å²) in [5.41, 5.74) is 0.490. The van der Waals surface area contributed by atoms with E-state index >= 15 is 0 Å². The van der Waals surface area contributed by atoms with Crippen molar-refractivity contribution in [3.63, 3.8) is 0 Å². The van der Waals surface area contributed by atoms with Crippen molar-refractivity contribution in [2.75, 3.05) is 6.54 Å². The van der Waals surface area contributed by atoms with Crippen LogP contribution in [0.5, 0.6) is 0 Å². The van der Waals surface area contributed by atoms with Gasteiger partial charge in [-0.2, -0.15) is 0 Å². The smallest absolute Gasteiger partial charge is 0.0211 e. The fraction of sp³-hybridized carbons (Fsp3) is 0.857. The van der Waals surface area contributed by atoms with Crippen molar-refractivity contribution in [1.82, 2.24) is 5.32 Å². The van der Waals surface area contributed by atoms with E-state index < -0.39 is 0 Å². The average Bonchev–Trinajstić information content (AvgIpc) is 2.18. The zero-order valence-corrected chi connectivity index (χ0v) is 10.5. The Bertz CT molecular complexity index is 210. The third-order valence-electron chi connectivity index (χ3n) is 3.65. The van der Waals surface area contributed by atoms with Gasteiger partial charge in [-0.3, -0.25) is 0 Å². The lowest BCUT2D eigenvalue weighted by Crippen LogP contribution is -2.36. The third-order valence-corrected chi connectivity index (χ3v) is 3.65. The predicted molar refractivity (Wildman–Crippen MR) is 66.7 cm³/mol. The second-order valence-corrected chi connectivity index (χ2v) is 5.82. The molecule has 0 atom stereocenters. The number of hydrogen-bond donors (Lipinski definition) is 1. The van der Waals surface area contributed by atoms with E-state index in [0.717, 1.165) is 24.9 Å². The minimum atomic E-state index is 0.490. The zero-order chi connectivity index (χ0) is 11.3. The number of nitrogens with one attached hydrogen (secondary N) is 1. The van der Waals surface area contributed by atoms with Crippen LogP contribution in [-0.2, 0) is 0 Å². The van der Waals surface area contributed by atoms with E-state index in [-0.39, 0.29) is 0 Å². The Hall–Kier alpha value is -0.480. The van der Waals surface area contributed by atoms with Crippen LogP contribution in [0.25, 0.3) is 0 Å². The Labute approximate surface area is 95.0 Å². The largest absolute Gasteiger partial charge is 0.313 e. The Morgan fingerprint density at radius 1 is 1.20 bits per heavy atom. The third kappa shape index (κ3) is 4.26. The fourth-order valence-electron chi connectivity index (χ4n) is 2.51. The van der Waals surface area contributed by atoms with Crippen LogP contribution in [0.4, 0.5) is 0 Å². The molecule has 0 aromatic rings. The minimum absolute atomic E-state index is 0.490. The molecule has 0 aromatic carbocycles. The molecule has 1 fully saturated rings. The molecule has 0 aliphatic heterocycles. The molecular weight excluding hydrogens is 182 g/mol. The van der Waals surface area contributed by atoms with E-state index in [0.29, 0.717) is 5.41 Å². The van der Waals surface area contributed by atoms with Crippen molar-refractivity contribution >= 4 is 0 Å². The molecule has 0 saturated heterocycles. The van der Waals surface area contributed by atoms with Gasteiger partial charge in [0.1, 0.15) is 0 Å². The Morgan fingerprint density at radius 3 is 2.27 bits per heavy atom. The summed E-state index contributed by atoms with van der Waals surface area (Å²) in [6, 6.07) is 0.719. The maximum absolute atomic E-state index is 5.23. The first-order valence-corrected chi connectivity index (χ1v) is 6.21. The summed E-state index contributed by atoms with van der Waals surface area (Å²) in [5, 5.41) is 3.55. The van der Waals surface area contributed by atoms with Crippen LogP contribution in [-0.4, -0.2) is 12.6 Å². The van der Waals surface area contributed by atoms with Crippen molar-refractivity contribution in [1.29, 1.82) is 0 Å². The molecule has 1 nitrogen and oxygen atoms in total. The molecule has 0 heterocycles. The number of terminal acetylenes is 1. The molecule has 1 rings (SSSR count). The fourth-order valence-corrected chi connectivity index (χ4v) is 2.51. The highest BCUT2D eigenvalue weighted by Gasteiger charge is 2.29. The lowest BCUT2D eigenvalue weighted by Gasteiger charge is -2.37. The van der Waals surface area contributed by atoms with Crippen LogP contribution < -0.4 is 5.32 Å². The molecule has 86 valence electrons. The van der Waals surface area contributed by atoms with Crippen LogP contribution >= 0.6 is 0 Å². The van der Waals surface area contributed by atoms with Gasteiger partial charge in [0.15, 0.2) is 0 Å². The average molecular weight is 207 g/mol. The standard InChI is InChI=1S/C14H25N/c1-5-6-11-15-13-9-7-12(8-10-13)14(2,3)4/h1,12-13,15H,6-11H2,2-4H3. The van der Waals surface area contributed by atoms with Gasteiger partial charge in [-0.15, -0.1) is 12.3 Å². The van der Waals surface area contributed by atoms with E-state index in [4.69, 9.17) is 6.42 Å². The minimum Gasteiger partial charge on any atom is -0.313 e. The van der Waals surface area contributed by atoms with Gasteiger partial charge in [-0.25, -0.2) is 0 Å². The van der Waals surface area contributed by atoms with Gasteiger partial charge in [0.25, 0.3) is 0 Å². The molecule has 0 amide bonds. The molecule has 1 N–H and O–H groups in total. The predicted octanol–water partition coefficient (Wildman–Crippen LogP) is 3.20. The normalized spacial score (nSPS) is 27.3. The summed E-state index contributed by atoms with van der Waals surface area (Å²) in [7, 11) is 0. The first-order valence-electron chi connectivity index (χ1n) is 6.21. The molecular formula is C14H25N. The summed E-state index contributed by atoms with van der Waals surface area (Å²) >= 11 is 0. The maximum atomic E-state index is 5.23. The van der Waals surface area contributed by atoms with Gasteiger partial charge in [0.2, 0.25) is 0 Å². The van der Waals surface area contributed by atoms with Gasteiger partial charge in [0.05, 0.1) is 0 Å². The van der Waals surface area contributed by atoms with Gasteiger partial charge >= 0.3 is 0 Å². The SMILES string of the molecule is C#CCCNC1CCC(C(C)(C)C)CC1. The van der Waals surface area contributed by atoms with Gasteiger partial charge < -0.3 is 5.32 Å². The number of hydrogen-bond acceptors (Lipinski definition) is 1. The van der Waals surface area contributed by atoms with Crippen molar-refractivity contribution < 1.29 is 0 Å². The van der Waals surface area contributed by atoms with Crippen molar-refractivity contribution in [2.45, 2.75) is 58.9 Å². The molecule has 1 saturated carbocycles.